The number of piperidine rings is 1. The van der Waals surface area contributed by atoms with Crippen LogP contribution in [0.5, 0.6) is 0 Å². The minimum atomic E-state index is -1.02. The third-order valence-corrected chi connectivity index (χ3v) is 5.00. The van der Waals surface area contributed by atoms with Crippen molar-refractivity contribution in [3.05, 3.63) is 0 Å². The molecule has 0 aliphatic carbocycles. The predicted octanol–water partition coefficient (Wildman–Crippen LogP) is 0.471. The third-order valence-electron chi connectivity index (χ3n) is 5.00. The van der Waals surface area contributed by atoms with Gasteiger partial charge in [0.1, 0.15) is 11.6 Å². The highest BCUT2D eigenvalue weighted by Gasteiger charge is 2.51. The molecule has 0 aromatic heterocycles. The number of hydrogen-bond acceptors (Lipinski definition) is 5. The first-order valence-electron chi connectivity index (χ1n) is 8.73. The van der Waals surface area contributed by atoms with Crippen LogP contribution in [-0.2, 0) is 14.3 Å². The van der Waals surface area contributed by atoms with Gasteiger partial charge < -0.3 is 25.4 Å². The Balaban J connectivity index is 2.03. The van der Waals surface area contributed by atoms with E-state index in [1.54, 1.807) is 4.90 Å². The molecule has 142 valence electrons. The molecule has 2 aliphatic rings. The molecule has 1 spiro atoms. The molecule has 2 fully saturated rings. The van der Waals surface area contributed by atoms with Crippen LogP contribution >= 0.6 is 0 Å². The predicted molar refractivity (Wildman–Crippen MR) is 90.5 cm³/mol. The summed E-state index contributed by atoms with van der Waals surface area (Å²) in [5.74, 6) is -0.854. The molecule has 0 saturated carbocycles. The van der Waals surface area contributed by atoms with Crippen molar-refractivity contribution >= 4 is 17.9 Å². The summed E-state index contributed by atoms with van der Waals surface area (Å²) in [6.07, 6.45) is 0.256. The summed E-state index contributed by atoms with van der Waals surface area (Å²) in [5, 5.41) is 9.81. The normalized spacial score (nSPS) is 22.8. The van der Waals surface area contributed by atoms with Gasteiger partial charge in [0.2, 0.25) is 11.8 Å². The molecule has 0 unspecified atom stereocenters. The van der Waals surface area contributed by atoms with Crippen LogP contribution in [-0.4, -0.2) is 70.2 Å². The Morgan fingerprint density at radius 1 is 1.20 bits per heavy atom. The summed E-state index contributed by atoms with van der Waals surface area (Å²) in [6, 6.07) is -1.00. The number of aliphatic hydroxyl groups is 1. The van der Waals surface area contributed by atoms with E-state index in [4.69, 9.17) is 10.5 Å². The van der Waals surface area contributed by atoms with Crippen LogP contribution in [0.25, 0.3) is 0 Å². The van der Waals surface area contributed by atoms with Gasteiger partial charge in [-0.05, 0) is 47.0 Å². The molecule has 8 heteroatoms. The number of likely N-dealkylation sites (tertiary alicyclic amines) is 2. The minimum Gasteiger partial charge on any atom is -0.444 e. The zero-order valence-corrected chi connectivity index (χ0v) is 15.4. The lowest BCUT2D eigenvalue weighted by Gasteiger charge is -2.39. The van der Waals surface area contributed by atoms with Gasteiger partial charge in [0.15, 0.2) is 0 Å². The lowest BCUT2D eigenvalue weighted by Crippen LogP contribution is -2.54. The standard InChI is InChI=1S/C17H29N3O5/c1-11(21)12(13(18)22)20-10-7-17(14(20)23)5-8-19(9-6-17)15(24)25-16(2,3)4/h11-12,21H,5-10H2,1-4H3,(H2,18,22)/t11-,12+/m1/s1. The van der Waals surface area contributed by atoms with E-state index in [1.807, 2.05) is 20.8 Å². The maximum absolute atomic E-state index is 12.9. The van der Waals surface area contributed by atoms with Crippen molar-refractivity contribution in [2.75, 3.05) is 19.6 Å². The number of rotatable bonds is 3. The zero-order valence-electron chi connectivity index (χ0n) is 15.4. The van der Waals surface area contributed by atoms with Crippen LogP contribution in [0.4, 0.5) is 4.79 Å². The van der Waals surface area contributed by atoms with Crippen LogP contribution in [0, 0.1) is 5.41 Å². The van der Waals surface area contributed by atoms with Crippen molar-refractivity contribution in [1.82, 2.24) is 9.80 Å². The van der Waals surface area contributed by atoms with E-state index in [0.29, 0.717) is 38.9 Å². The summed E-state index contributed by atoms with van der Waals surface area (Å²) in [4.78, 5) is 39.7. The molecule has 25 heavy (non-hydrogen) atoms. The summed E-state index contributed by atoms with van der Waals surface area (Å²) < 4.78 is 5.37. The first-order chi connectivity index (χ1) is 11.5. The van der Waals surface area contributed by atoms with E-state index in [-0.39, 0.29) is 12.0 Å². The molecule has 2 saturated heterocycles. The Morgan fingerprint density at radius 3 is 2.16 bits per heavy atom. The van der Waals surface area contributed by atoms with E-state index in [1.165, 1.54) is 11.8 Å². The number of amides is 3. The van der Waals surface area contributed by atoms with Gasteiger partial charge in [0, 0.05) is 19.6 Å². The molecular weight excluding hydrogens is 326 g/mol. The Hall–Kier alpha value is -1.83. The van der Waals surface area contributed by atoms with Crippen LogP contribution in [0.3, 0.4) is 0 Å². The fourth-order valence-electron chi connectivity index (χ4n) is 3.67. The van der Waals surface area contributed by atoms with Crippen molar-refractivity contribution in [3.8, 4) is 0 Å². The SMILES string of the molecule is C[C@@H](O)[C@@H](C(N)=O)N1CCC2(CCN(C(=O)OC(C)(C)C)CC2)C1=O. The van der Waals surface area contributed by atoms with E-state index in [9.17, 15) is 19.5 Å². The summed E-state index contributed by atoms with van der Waals surface area (Å²) >= 11 is 0. The fraction of sp³-hybridized carbons (Fsp3) is 0.824. The molecule has 3 N–H and O–H groups in total. The van der Waals surface area contributed by atoms with Crippen molar-refractivity contribution in [2.24, 2.45) is 11.1 Å². The molecule has 0 bridgehead atoms. The number of nitrogens with zero attached hydrogens (tertiary/aromatic N) is 2. The van der Waals surface area contributed by atoms with Crippen LogP contribution in [0.2, 0.25) is 0 Å². The van der Waals surface area contributed by atoms with Crippen LogP contribution in [0.15, 0.2) is 0 Å². The van der Waals surface area contributed by atoms with Crippen molar-refractivity contribution in [3.63, 3.8) is 0 Å². The molecule has 0 aromatic carbocycles. The highest BCUT2D eigenvalue weighted by atomic mass is 16.6. The Kier molecular flexibility index (Phi) is 5.32. The van der Waals surface area contributed by atoms with Gasteiger partial charge in [-0.3, -0.25) is 9.59 Å². The number of hydrogen-bond donors (Lipinski definition) is 2. The second-order valence-corrected chi connectivity index (χ2v) is 8.08. The van der Waals surface area contributed by atoms with E-state index < -0.39 is 29.1 Å². The topological polar surface area (TPSA) is 113 Å². The molecular formula is C17H29N3O5. The van der Waals surface area contributed by atoms with Crippen LogP contribution in [0.1, 0.15) is 47.0 Å². The molecule has 0 radical (unpaired) electrons. The lowest BCUT2D eigenvalue weighted by molar-refractivity contribution is -0.146. The minimum absolute atomic E-state index is 0.152. The van der Waals surface area contributed by atoms with Gasteiger partial charge in [0.25, 0.3) is 0 Å². The number of carbonyl (C=O) groups is 3. The number of aliphatic hydroxyl groups excluding tert-OH is 1. The number of carbonyl (C=O) groups excluding carboxylic acids is 3. The Labute approximate surface area is 148 Å². The highest BCUT2D eigenvalue weighted by Crippen LogP contribution is 2.42. The monoisotopic (exact) mass is 355 g/mol. The van der Waals surface area contributed by atoms with Gasteiger partial charge in [-0.15, -0.1) is 0 Å². The average molecular weight is 355 g/mol. The van der Waals surface area contributed by atoms with Crippen LogP contribution < -0.4 is 5.73 Å². The van der Waals surface area contributed by atoms with Gasteiger partial charge in [-0.25, -0.2) is 4.79 Å². The average Bonchev–Trinajstić information content (AvgIpc) is 2.75. The Bertz CT molecular complexity index is 547. The van der Waals surface area contributed by atoms with Crippen molar-refractivity contribution in [2.45, 2.75) is 64.7 Å². The maximum Gasteiger partial charge on any atom is 0.410 e. The molecule has 8 nitrogen and oxygen atoms in total. The van der Waals surface area contributed by atoms with Gasteiger partial charge in [0.05, 0.1) is 11.5 Å². The Morgan fingerprint density at radius 2 is 1.72 bits per heavy atom. The summed E-state index contributed by atoms with van der Waals surface area (Å²) in [5.41, 5.74) is 4.22. The number of nitrogens with two attached hydrogens (primary N) is 1. The largest absolute Gasteiger partial charge is 0.444 e. The first kappa shape index (κ1) is 19.5. The number of ether oxygens (including phenoxy) is 1. The summed E-state index contributed by atoms with van der Waals surface area (Å²) in [6.45, 7) is 8.16. The van der Waals surface area contributed by atoms with Gasteiger partial charge >= 0.3 is 6.09 Å². The second kappa shape index (κ2) is 6.82. The third kappa shape index (κ3) is 4.05. The van der Waals surface area contributed by atoms with E-state index in [0.717, 1.165) is 0 Å². The summed E-state index contributed by atoms with van der Waals surface area (Å²) in [7, 11) is 0. The van der Waals surface area contributed by atoms with Crippen molar-refractivity contribution < 1.29 is 24.2 Å². The molecule has 2 heterocycles. The van der Waals surface area contributed by atoms with Gasteiger partial charge in [-0.1, -0.05) is 0 Å². The van der Waals surface area contributed by atoms with Crippen molar-refractivity contribution in [1.29, 1.82) is 0 Å². The highest BCUT2D eigenvalue weighted by molar-refractivity contribution is 5.91. The van der Waals surface area contributed by atoms with E-state index >= 15 is 0 Å². The number of primary amides is 1. The molecule has 2 aliphatic heterocycles. The molecule has 0 aromatic rings. The van der Waals surface area contributed by atoms with E-state index in [2.05, 4.69) is 0 Å². The second-order valence-electron chi connectivity index (χ2n) is 8.08. The zero-order chi connectivity index (χ0) is 19.0. The molecule has 2 atom stereocenters. The quantitative estimate of drug-likeness (QED) is 0.764. The molecule has 3 amide bonds. The fourth-order valence-corrected chi connectivity index (χ4v) is 3.67. The first-order valence-corrected chi connectivity index (χ1v) is 8.73. The maximum atomic E-state index is 12.9. The lowest BCUT2D eigenvalue weighted by atomic mass is 9.77. The van der Waals surface area contributed by atoms with Gasteiger partial charge in [-0.2, -0.15) is 0 Å². The molecule has 2 rings (SSSR count). The smallest absolute Gasteiger partial charge is 0.410 e.